The van der Waals surface area contributed by atoms with Crippen molar-refractivity contribution in [2.24, 2.45) is 0 Å². The van der Waals surface area contributed by atoms with Gasteiger partial charge in [-0.15, -0.1) is 0 Å². The normalized spacial score (nSPS) is 14.4. The van der Waals surface area contributed by atoms with Crippen molar-refractivity contribution < 1.29 is 4.79 Å². The Morgan fingerprint density at radius 3 is 2.36 bits per heavy atom. The summed E-state index contributed by atoms with van der Waals surface area (Å²) in [5.74, 6) is 2.21. The van der Waals surface area contributed by atoms with Crippen LogP contribution in [0.3, 0.4) is 0 Å². The number of aryl methyl sites for hydroxylation is 3. The molecular weight excluding hydrogens is 356 g/mol. The fraction of sp³-hybridized carbons (Fsp3) is 0.368. The summed E-state index contributed by atoms with van der Waals surface area (Å²) in [5, 5.41) is 4.52. The van der Waals surface area contributed by atoms with E-state index >= 15 is 0 Å². The van der Waals surface area contributed by atoms with Crippen LogP contribution < -0.4 is 4.90 Å². The molecule has 1 amide bonds. The molecule has 4 heterocycles. The van der Waals surface area contributed by atoms with Crippen LogP contribution in [0.4, 0.5) is 5.82 Å². The summed E-state index contributed by atoms with van der Waals surface area (Å²) in [6.07, 6.45) is 4.60. The SMILES string of the molecule is Cc1cc(C)n(-c2cc(N3CCN(C(=O)c4cnccn4)CC3)nc(C)n2)n1. The number of piperazine rings is 1. The molecule has 9 heteroatoms. The number of rotatable bonds is 3. The zero-order chi connectivity index (χ0) is 19.7. The summed E-state index contributed by atoms with van der Waals surface area (Å²) in [7, 11) is 0. The van der Waals surface area contributed by atoms with Gasteiger partial charge in [-0.25, -0.2) is 19.6 Å². The topological polar surface area (TPSA) is 92.9 Å². The molecule has 0 atom stereocenters. The van der Waals surface area contributed by atoms with Crippen molar-refractivity contribution in [2.75, 3.05) is 31.1 Å². The van der Waals surface area contributed by atoms with E-state index in [0.29, 0.717) is 37.7 Å². The monoisotopic (exact) mass is 378 g/mol. The molecule has 4 rings (SSSR count). The van der Waals surface area contributed by atoms with Crippen LogP contribution in [-0.4, -0.2) is 66.7 Å². The van der Waals surface area contributed by atoms with Gasteiger partial charge in [0.15, 0.2) is 5.82 Å². The number of amides is 1. The van der Waals surface area contributed by atoms with Crippen molar-refractivity contribution in [1.29, 1.82) is 0 Å². The van der Waals surface area contributed by atoms with Gasteiger partial charge in [-0.1, -0.05) is 0 Å². The van der Waals surface area contributed by atoms with Crippen LogP contribution in [0.25, 0.3) is 5.82 Å². The summed E-state index contributed by atoms with van der Waals surface area (Å²) in [5.41, 5.74) is 2.35. The van der Waals surface area contributed by atoms with E-state index in [1.54, 1.807) is 11.1 Å². The van der Waals surface area contributed by atoms with Crippen LogP contribution in [0.1, 0.15) is 27.7 Å². The molecule has 1 aliphatic heterocycles. The van der Waals surface area contributed by atoms with E-state index in [2.05, 4.69) is 29.9 Å². The maximum Gasteiger partial charge on any atom is 0.274 e. The first kappa shape index (κ1) is 18.0. The Balaban J connectivity index is 1.50. The van der Waals surface area contributed by atoms with Gasteiger partial charge in [-0.05, 0) is 26.8 Å². The Labute approximate surface area is 163 Å². The zero-order valence-corrected chi connectivity index (χ0v) is 16.2. The van der Waals surface area contributed by atoms with Gasteiger partial charge in [0, 0.05) is 50.3 Å². The second-order valence-electron chi connectivity index (χ2n) is 6.84. The molecule has 1 aliphatic rings. The molecule has 1 saturated heterocycles. The molecule has 0 bridgehead atoms. The van der Waals surface area contributed by atoms with Gasteiger partial charge >= 0.3 is 0 Å². The van der Waals surface area contributed by atoms with Crippen molar-refractivity contribution in [1.82, 2.24) is 34.6 Å². The number of hydrogen-bond donors (Lipinski definition) is 0. The Kier molecular flexibility index (Phi) is 4.72. The molecule has 0 spiro atoms. The average molecular weight is 378 g/mol. The number of anilines is 1. The van der Waals surface area contributed by atoms with Crippen LogP contribution in [0.15, 0.2) is 30.7 Å². The van der Waals surface area contributed by atoms with E-state index in [-0.39, 0.29) is 5.91 Å². The molecule has 1 fully saturated rings. The molecule has 144 valence electrons. The van der Waals surface area contributed by atoms with Crippen LogP contribution in [0.2, 0.25) is 0 Å². The number of carbonyl (C=O) groups is 1. The lowest BCUT2D eigenvalue weighted by molar-refractivity contribution is 0.0740. The van der Waals surface area contributed by atoms with Gasteiger partial charge in [-0.3, -0.25) is 9.78 Å². The zero-order valence-electron chi connectivity index (χ0n) is 16.2. The van der Waals surface area contributed by atoms with E-state index < -0.39 is 0 Å². The fourth-order valence-corrected chi connectivity index (χ4v) is 3.38. The summed E-state index contributed by atoms with van der Waals surface area (Å²) >= 11 is 0. The maximum atomic E-state index is 12.5. The van der Waals surface area contributed by atoms with E-state index in [4.69, 9.17) is 0 Å². The third-order valence-electron chi connectivity index (χ3n) is 4.71. The highest BCUT2D eigenvalue weighted by Gasteiger charge is 2.24. The highest BCUT2D eigenvalue weighted by Crippen LogP contribution is 2.19. The van der Waals surface area contributed by atoms with Crippen molar-refractivity contribution >= 4 is 11.7 Å². The van der Waals surface area contributed by atoms with Crippen LogP contribution in [0.5, 0.6) is 0 Å². The maximum absolute atomic E-state index is 12.5. The largest absolute Gasteiger partial charge is 0.353 e. The Hall–Kier alpha value is -3.36. The van der Waals surface area contributed by atoms with Crippen molar-refractivity contribution in [3.63, 3.8) is 0 Å². The van der Waals surface area contributed by atoms with Crippen molar-refractivity contribution in [3.8, 4) is 5.82 Å². The molecular formula is C19H22N8O. The lowest BCUT2D eigenvalue weighted by Crippen LogP contribution is -2.49. The first-order valence-electron chi connectivity index (χ1n) is 9.21. The fourth-order valence-electron chi connectivity index (χ4n) is 3.38. The second kappa shape index (κ2) is 7.34. The minimum atomic E-state index is -0.0880. The minimum absolute atomic E-state index is 0.0880. The highest BCUT2D eigenvalue weighted by molar-refractivity contribution is 5.92. The lowest BCUT2D eigenvalue weighted by Gasteiger charge is -2.35. The van der Waals surface area contributed by atoms with E-state index in [1.807, 2.05) is 37.6 Å². The van der Waals surface area contributed by atoms with Gasteiger partial charge in [0.05, 0.1) is 11.9 Å². The number of aromatic nitrogens is 6. The third-order valence-corrected chi connectivity index (χ3v) is 4.71. The Morgan fingerprint density at radius 1 is 0.964 bits per heavy atom. The molecule has 0 radical (unpaired) electrons. The third kappa shape index (κ3) is 3.55. The predicted octanol–water partition coefficient (Wildman–Crippen LogP) is 1.34. The smallest absolute Gasteiger partial charge is 0.274 e. The highest BCUT2D eigenvalue weighted by atomic mass is 16.2. The summed E-state index contributed by atoms with van der Waals surface area (Å²) < 4.78 is 1.83. The van der Waals surface area contributed by atoms with Gasteiger partial charge in [0.2, 0.25) is 0 Å². The molecule has 0 saturated carbocycles. The van der Waals surface area contributed by atoms with Crippen LogP contribution >= 0.6 is 0 Å². The molecule has 0 unspecified atom stereocenters. The number of carbonyl (C=O) groups excluding carboxylic acids is 1. The predicted molar refractivity (Wildman–Crippen MR) is 104 cm³/mol. The Bertz CT molecular complexity index is 992. The summed E-state index contributed by atoms with van der Waals surface area (Å²) in [4.78, 5) is 33.7. The molecule has 3 aromatic rings. The first-order chi connectivity index (χ1) is 13.5. The summed E-state index contributed by atoms with van der Waals surface area (Å²) in [6, 6.07) is 3.97. The van der Waals surface area contributed by atoms with Gasteiger partial charge in [-0.2, -0.15) is 5.10 Å². The molecule has 28 heavy (non-hydrogen) atoms. The van der Waals surface area contributed by atoms with Crippen LogP contribution in [-0.2, 0) is 0 Å². The Morgan fingerprint density at radius 2 is 1.71 bits per heavy atom. The molecule has 3 aromatic heterocycles. The van der Waals surface area contributed by atoms with Gasteiger partial charge in [0.1, 0.15) is 17.3 Å². The molecule has 0 aromatic carbocycles. The van der Waals surface area contributed by atoms with E-state index in [1.165, 1.54) is 12.4 Å². The van der Waals surface area contributed by atoms with Crippen molar-refractivity contribution in [2.45, 2.75) is 20.8 Å². The van der Waals surface area contributed by atoms with E-state index in [0.717, 1.165) is 23.0 Å². The van der Waals surface area contributed by atoms with E-state index in [9.17, 15) is 4.79 Å². The minimum Gasteiger partial charge on any atom is -0.353 e. The standard InChI is InChI=1S/C19H22N8O/c1-13-10-14(2)27(24-13)18-11-17(22-15(3)23-18)25-6-8-26(9-7-25)19(28)16-12-20-4-5-21-16/h4-5,10-12H,6-9H2,1-3H3. The molecule has 9 nitrogen and oxygen atoms in total. The van der Waals surface area contributed by atoms with Crippen LogP contribution in [0, 0.1) is 20.8 Å². The number of hydrogen-bond acceptors (Lipinski definition) is 7. The van der Waals surface area contributed by atoms with Gasteiger partial charge < -0.3 is 9.80 Å². The lowest BCUT2D eigenvalue weighted by atomic mass is 10.2. The average Bonchev–Trinajstić information content (AvgIpc) is 3.06. The molecule has 0 aliphatic carbocycles. The second-order valence-corrected chi connectivity index (χ2v) is 6.84. The first-order valence-corrected chi connectivity index (χ1v) is 9.21. The quantitative estimate of drug-likeness (QED) is 0.679. The summed E-state index contributed by atoms with van der Waals surface area (Å²) in [6.45, 7) is 8.45. The number of nitrogens with zero attached hydrogens (tertiary/aromatic N) is 8. The van der Waals surface area contributed by atoms with Gasteiger partial charge in [0.25, 0.3) is 5.91 Å². The van der Waals surface area contributed by atoms with Crippen molar-refractivity contribution in [3.05, 3.63) is 53.6 Å². The molecule has 0 N–H and O–H groups in total.